The van der Waals surface area contributed by atoms with Gasteiger partial charge in [-0.15, -0.1) is 22.7 Å². The van der Waals surface area contributed by atoms with Gasteiger partial charge in [-0.25, -0.2) is 9.97 Å². The molecule has 0 bridgehead atoms. The van der Waals surface area contributed by atoms with Crippen LogP contribution in [0.15, 0.2) is 29.6 Å². The third kappa shape index (κ3) is 4.48. The van der Waals surface area contributed by atoms with E-state index in [0.29, 0.717) is 27.0 Å². The number of para-hydroxylation sites is 1. The molecule has 2 aromatic heterocycles. The van der Waals surface area contributed by atoms with Crippen molar-refractivity contribution in [2.24, 2.45) is 0 Å². The maximum Gasteiger partial charge on any atom is 0.387 e. The van der Waals surface area contributed by atoms with Gasteiger partial charge < -0.3 is 4.74 Å². The average Bonchev–Trinajstić information content (AvgIpc) is 3.21. The highest BCUT2D eigenvalue weighted by Gasteiger charge is 2.19. The van der Waals surface area contributed by atoms with Crippen LogP contribution in [0.3, 0.4) is 0 Å². The summed E-state index contributed by atoms with van der Waals surface area (Å²) in [4.78, 5) is 21.8. The first kappa shape index (κ1) is 19.4. The predicted molar refractivity (Wildman–Crippen MR) is 103 cm³/mol. The number of aromatic nitrogens is 2. The summed E-state index contributed by atoms with van der Waals surface area (Å²) >= 11 is 2.57. The molecule has 27 heavy (non-hydrogen) atoms. The number of hydrogen-bond acceptors (Lipinski definition) is 6. The van der Waals surface area contributed by atoms with Crippen LogP contribution in [0.2, 0.25) is 0 Å². The average molecular weight is 409 g/mol. The monoisotopic (exact) mass is 409 g/mol. The van der Waals surface area contributed by atoms with E-state index in [4.69, 9.17) is 0 Å². The molecule has 3 rings (SSSR count). The Bertz CT molecular complexity index is 954. The minimum atomic E-state index is -2.92. The van der Waals surface area contributed by atoms with E-state index < -0.39 is 6.61 Å². The number of rotatable bonds is 6. The fraction of sp³-hybridized carbons (Fsp3) is 0.278. The lowest BCUT2D eigenvalue weighted by Crippen LogP contribution is -2.11. The highest BCUT2D eigenvalue weighted by Crippen LogP contribution is 2.33. The van der Waals surface area contributed by atoms with E-state index in [1.165, 1.54) is 28.7 Å². The zero-order valence-electron chi connectivity index (χ0n) is 14.8. The molecule has 0 saturated heterocycles. The molecule has 0 spiro atoms. The van der Waals surface area contributed by atoms with Crippen molar-refractivity contribution in [3.8, 4) is 17.0 Å². The van der Waals surface area contributed by atoms with Crippen LogP contribution >= 0.6 is 22.7 Å². The van der Waals surface area contributed by atoms with Gasteiger partial charge >= 0.3 is 6.61 Å². The third-order valence-corrected chi connectivity index (χ3v) is 5.83. The maximum atomic E-state index is 12.6. The Kier molecular flexibility index (Phi) is 5.81. The van der Waals surface area contributed by atoms with Gasteiger partial charge in [-0.1, -0.05) is 26.0 Å². The van der Waals surface area contributed by atoms with Crippen molar-refractivity contribution in [3.05, 3.63) is 45.2 Å². The van der Waals surface area contributed by atoms with Gasteiger partial charge in [-0.3, -0.25) is 10.1 Å². The number of benzene rings is 1. The van der Waals surface area contributed by atoms with Gasteiger partial charge in [0.05, 0.1) is 16.4 Å². The number of carbonyl (C=O) groups is 1. The summed E-state index contributed by atoms with van der Waals surface area (Å²) in [6.07, 6.45) is 0. The lowest BCUT2D eigenvalue weighted by Gasteiger charge is -2.08. The molecule has 1 amide bonds. The number of thiazole rings is 2. The Morgan fingerprint density at radius 3 is 2.63 bits per heavy atom. The van der Waals surface area contributed by atoms with Crippen LogP contribution in [-0.2, 0) is 0 Å². The summed E-state index contributed by atoms with van der Waals surface area (Å²) in [5.74, 6) is -0.00137. The van der Waals surface area contributed by atoms with Crippen molar-refractivity contribution in [1.29, 1.82) is 0 Å². The van der Waals surface area contributed by atoms with E-state index in [0.717, 1.165) is 5.01 Å². The molecule has 1 N–H and O–H groups in total. The number of nitrogens with one attached hydrogen (secondary N) is 1. The number of aryl methyl sites for hydroxylation is 1. The molecular weight excluding hydrogens is 392 g/mol. The smallest absolute Gasteiger partial charge is 0.387 e. The second-order valence-corrected chi connectivity index (χ2v) is 7.88. The summed E-state index contributed by atoms with van der Waals surface area (Å²) in [6, 6.07) is 6.41. The van der Waals surface area contributed by atoms with Crippen molar-refractivity contribution in [3.63, 3.8) is 0 Å². The molecule has 0 radical (unpaired) electrons. The van der Waals surface area contributed by atoms with E-state index >= 15 is 0 Å². The zero-order valence-corrected chi connectivity index (χ0v) is 16.5. The normalized spacial score (nSPS) is 11.2. The Labute approximate surface area is 163 Å². The quantitative estimate of drug-likeness (QED) is 0.580. The number of halogens is 2. The lowest BCUT2D eigenvalue weighted by atomic mass is 10.1. The fourth-order valence-corrected chi connectivity index (χ4v) is 4.03. The summed E-state index contributed by atoms with van der Waals surface area (Å²) in [6.45, 7) is 2.91. The third-order valence-electron chi connectivity index (χ3n) is 3.62. The molecule has 1 aromatic carbocycles. The number of anilines is 1. The van der Waals surface area contributed by atoms with Crippen LogP contribution in [0.5, 0.6) is 5.75 Å². The Hall–Kier alpha value is -2.39. The van der Waals surface area contributed by atoms with Crippen LogP contribution in [-0.4, -0.2) is 22.5 Å². The highest BCUT2D eigenvalue weighted by atomic mass is 32.1. The minimum absolute atomic E-state index is 0.0375. The van der Waals surface area contributed by atoms with Gasteiger partial charge in [-0.05, 0) is 19.1 Å². The van der Waals surface area contributed by atoms with Crippen molar-refractivity contribution >= 4 is 33.7 Å². The Morgan fingerprint density at radius 1 is 1.22 bits per heavy atom. The SMILES string of the molecule is Cc1nc(C(C)C)sc1C(=O)Nc1nc(-c2ccccc2OC(F)F)cs1. The molecule has 2 heterocycles. The summed E-state index contributed by atoms with van der Waals surface area (Å²) in [5, 5.41) is 5.71. The molecule has 0 saturated carbocycles. The fourth-order valence-electron chi connectivity index (χ4n) is 2.36. The molecule has 0 aliphatic heterocycles. The Balaban J connectivity index is 1.80. The molecule has 3 aromatic rings. The van der Waals surface area contributed by atoms with Crippen LogP contribution in [0, 0.1) is 6.92 Å². The van der Waals surface area contributed by atoms with Gasteiger partial charge in [0, 0.05) is 16.9 Å². The largest absolute Gasteiger partial charge is 0.434 e. The van der Waals surface area contributed by atoms with Gasteiger partial charge in [0.15, 0.2) is 5.13 Å². The topological polar surface area (TPSA) is 64.1 Å². The van der Waals surface area contributed by atoms with Gasteiger partial charge in [0.2, 0.25) is 0 Å². The van der Waals surface area contributed by atoms with Crippen molar-refractivity contribution < 1.29 is 18.3 Å². The molecular formula is C18H17F2N3O2S2. The molecule has 0 unspecified atom stereocenters. The first-order chi connectivity index (χ1) is 12.8. The highest BCUT2D eigenvalue weighted by molar-refractivity contribution is 7.15. The number of hydrogen-bond donors (Lipinski definition) is 1. The Morgan fingerprint density at radius 2 is 1.96 bits per heavy atom. The molecule has 5 nitrogen and oxygen atoms in total. The molecule has 9 heteroatoms. The van der Waals surface area contributed by atoms with E-state index in [-0.39, 0.29) is 17.6 Å². The number of nitrogens with zero attached hydrogens (tertiary/aromatic N) is 2. The van der Waals surface area contributed by atoms with Crippen LogP contribution in [0.4, 0.5) is 13.9 Å². The molecule has 0 fully saturated rings. The first-order valence-electron chi connectivity index (χ1n) is 8.13. The van der Waals surface area contributed by atoms with Crippen molar-refractivity contribution in [2.75, 3.05) is 5.32 Å². The van der Waals surface area contributed by atoms with Crippen molar-refractivity contribution in [2.45, 2.75) is 33.3 Å². The van der Waals surface area contributed by atoms with Gasteiger partial charge in [0.1, 0.15) is 10.6 Å². The van der Waals surface area contributed by atoms with Crippen LogP contribution in [0.25, 0.3) is 11.3 Å². The number of carbonyl (C=O) groups excluding carboxylic acids is 1. The van der Waals surface area contributed by atoms with Gasteiger partial charge in [-0.2, -0.15) is 8.78 Å². The van der Waals surface area contributed by atoms with Crippen molar-refractivity contribution in [1.82, 2.24) is 9.97 Å². The first-order valence-corrected chi connectivity index (χ1v) is 9.83. The minimum Gasteiger partial charge on any atom is -0.434 e. The zero-order chi connectivity index (χ0) is 19.6. The molecule has 142 valence electrons. The predicted octanol–water partition coefficient (Wildman–Crippen LogP) is 5.55. The number of alkyl halides is 2. The standard InChI is InChI=1S/C18H17F2N3O2S2/c1-9(2)16-21-10(3)14(27-16)15(24)23-18-22-12(8-26-18)11-6-4-5-7-13(11)25-17(19)20/h4-9,17H,1-3H3,(H,22,23,24). The molecule has 0 aliphatic carbocycles. The number of amides is 1. The summed E-state index contributed by atoms with van der Waals surface area (Å²) in [5.41, 5.74) is 1.56. The van der Waals surface area contributed by atoms with E-state index in [1.807, 2.05) is 13.8 Å². The second kappa shape index (κ2) is 8.10. The molecule has 0 atom stereocenters. The van der Waals surface area contributed by atoms with Gasteiger partial charge in [0.25, 0.3) is 5.91 Å². The van der Waals surface area contributed by atoms with E-state index in [9.17, 15) is 13.6 Å². The summed E-state index contributed by atoms with van der Waals surface area (Å²) < 4.78 is 29.7. The van der Waals surface area contributed by atoms with Crippen LogP contribution < -0.4 is 10.1 Å². The lowest BCUT2D eigenvalue weighted by molar-refractivity contribution is -0.0494. The number of ether oxygens (including phenoxy) is 1. The van der Waals surface area contributed by atoms with E-state index in [2.05, 4.69) is 20.0 Å². The second-order valence-electron chi connectivity index (χ2n) is 5.99. The molecule has 0 aliphatic rings. The van der Waals surface area contributed by atoms with Crippen LogP contribution in [0.1, 0.15) is 40.1 Å². The van der Waals surface area contributed by atoms with E-state index in [1.54, 1.807) is 30.5 Å². The maximum absolute atomic E-state index is 12.6. The summed E-state index contributed by atoms with van der Waals surface area (Å²) in [7, 11) is 0.